The fraction of sp³-hybridized carbons (Fsp3) is 0.176. The van der Waals surface area contributed by atoms with Crippen LogP contribution in [0, 0.1) is 6.92 Å². The maximum absolute atomic E-state index is 12.3. The van der Waals surface area contributed by atoms with Gasteiger partial charge in [-0.2, -0.15) is 0 Å². The fourth-order valence-electron chi connectivity index (χ4n) is 2.24. The molecule has 0 aliphatic carbocycles. The normalized spacial score (nSPS) is 10.6. The molecule has 1 heterocycles. The Kier molecular flexibility index (Phi) is 4.16. The zero-order chi connectivity index (χ0) is 16.4. The summed E-state index contributed by atoms with van der Waals surface area (Å²) >= 11 is 1.44. The van der Waals surface area contributed by atoms with Gasteiger partial charge in [-0.25, -0.2) is 4.98 Å². The van der Waals surface area contributed by atoms with E-state index in [1.807, 2.05) is 19.1 Å². The van der Waals surface area contributed by atoms with Gasteiger partial charge in [0.15, 0.2) is 5.13 Å². The summed E-state index contributed by atoms with van der Waals surface area (Å²) in [7, 11) is 3.20. The Hall–Kier alpha value is -2.60. The number of methoxy groups -OCH3 is 2. The SMILES string of the molecule is COc1ccc(C(=O)Nc2nc3c(OC)ccc(C)c3s2)cc1. The number of amides is 1. The Morgan fingerprint density at radius 3 is 2.48 bits per heavy atom. The molecule has 0 saturated heterocycles. The standard InChI is InChI=1S/C17H16N2O3S/c1-10-4-9-13(22-3)14-15(10)23-17(18-14)19-16(20)11-5-7-12(21-2)8-6-11/h4-9H,1-3H3,(H,18,19,20). The van der Waals surface area contributed by atoms with Crippen LogP contribution in [0.2, 0.25) is 0 Å². The van der Waals surface area contributed by atoms with Crippen molar-refractivity contribution < 1.29 is 14.3 Å². The average molecular weight is 328 g/mol. The van der Waals surface area contributed by atoms with Gasteiger partial charge in [0, 0.05) is 5.56 Å². The number of benzene rings is 2. The van der Waals surface area contributed by atoms with Gasteiger partial charge in [0.2, 0.25) is 0 Å². The molecule has 0 atom stereocenters. The van der Waals surface area contributed by atoms with E-state index in [0.29, 0.717) is 22.2 Å². The van der Waals surface area contributed by atoms with Crippen molar-refractivity contribution in [2.75, 3.05) is 19.5 Å². The van der Waals surface area contributed by atoms with Gasteiger partial charge in [0.25, 0.3) is 5.91 Å². The highest BCUT2D eigenvalue weighted by Gasteiger charge is 2.14. The zero-order valence-corrected chi connectivity index (χ0v) is 13.9. The molecule has 118 valence electrons. The third-order valence-electron chi connectivity index (χ3n) is 3.50. The smallest absolute Gasteiger partial charge is 0.257 e. The first-order valence-corrected chi connectivity index (χ1v) is 7.83. The van der Waals surface area contributed by atoms with Crippen LogP contribution in [0.1, 0.15) is 15.9 Å². The second kappa shape index (κ2) is 6.26. The van der Waals surface area contributed by atoms with Crippen molar-refractivity contribution in [2.24, 2.45) is 0 Å². The number of nitrogens with one attached hydrogen (secondary N) is 1. The van der Waals surface area contributed by atoms with E-state index in [9.17, 15) is 4.79 Å². The molecule has 0 spiro atoms. The van der Waals surface area contributed by atoms with Crippen LogP contribution in [0.3, 0.4) is 0 Å². The average Bonchev–Trinajstić information content (AvgIpc) is 3.00. The molecule has 0 radical (unpaired) electrons. The van der Waals surface area contributed by atoms with Crippen molar-refractivity contribution in [3.05, 3.63) is 47.5 Å². The Balaban J connectivity index is 1.88. The molecule has 3 rings (SSSR count). The van der Waals surface area contributed by atoms with Crippen molar-refractivity contribution in [3.8, 4) is 11.5 Å². The molecule has 0 fully saturated rings. The molecule has 0 unspecified atom stereocenters. The minimum atomic E-state index is -0.205. The lowest BCUT2D eigenvalue weighted by molar-refractivity contribution is 0.102. The van der Waals surface area contributed by atoms with Crippen molar-refractivity contribution in [1.29, 1.82) is 0 Å². The minimum absolute atomic E-state index is 0.205. The van der Waals surface area contributed by atoms with Crippen LogP contribution in [-0.4, -0.2) is 25.1 Å². The number of carbonyl (C=O) groups excluding carboxylic acids is 1. The predicted octanol–water partition coefficient (Wildman–Crippen LogP) is 3.87. The maximum atomic E-state index is 12.3. The van der Waals surface area contributed by atoms with Crippen molar-refractivity contribution in [3.63, 3.8) is 0 Å². The highest BCUT2D eigenvalue weighted by Crippen LogP contribution is 2.34. The van der Waals surface area contributed by atoms with Crippen LogP contribution >= 0.6 is 11.3 Å². The van der Waals surface area contributed by atoms with E-state index in [1.54, 1.807) is 38.5 Å². The summed E-state index contributed by atoms with van der Waals surface area (Å²) in [4.78, 5) is 16.8. The highest BCUT2D eigenvalue weighted by molar-refractivity contribution is 7.22. The Bertz CT molecular complexity index is 856. The van der Waals surface area contributed by atoms with Gasteiger partial charge in [0.05, 0.1) is 18.9 Å². The third-order valence-corrected chi connectivity index (χ3v) is 4.60. The second-order valence-corrected chi connectivity index (χ2v) is 5.96. The van der Waals surface area contributed by atoms with E-state index in [0.717, 1.165) is 15.8 Å². The van der Waals surface area contributed by atoms with Gasteiger partial charge in [-0.15, -0.1) is 0 Å². The molecule has 1 amide bonds. The van der Waals surface area contributed by atoms with E-state index in [1.165, 1.54) is 11.3 Å². The highest BCUT2D eigenvalue weighted by atomic mass is 32.1. The lowest BCUT2D eigenvalue weighted by Gasteiger charge is -2.03. The third kappa shape index (κ3) is 2.98. The lowest BCUT2D eigenvalue weighted by Crippen LogP contribution is -2.11. The van der Waals surface area contributed by atoms with Crippen molar-refractivity contribution in [2.45, 2.75) is 6.92 Å². The summed E-state index contributed by atoms with van der Waals surface area (Å²) in [5.41, 5.74) is 2.42. The number of aryl methyl sites for hydroxylation is 1. The lowest BCUT2D eigenvalue weighted by atomic mass is 10.2. The number of rotatable bonds is 4. The van der Waals surface area contributed by atoms with E-state index in [2.05, 4.69) is 10.3 Å². The number of carbonyl (C=O) groups is 1. The molecular weight excluding hydrogens is 312 g/mol. The van der Waals surface area contributed by atoms with Gasteiger partial charge in [-0.3, -0.25) is 10.1 Å². The molecule has 23 heavy (non-hydrogen) atoms. The number of anilines is 1. The van der Waals surface area contributed by atoms with Gasteiger partial charge >= 0.3 is 0 Å². The summed E-state index contributed by atoms with van der Waals surface area (Å²) in [5, 5.41) is 3.39. The number of thiazole rings is 1. The Morgan fingerprint density at radius 1 is 1.09 bits per heavy atom. The Labute approximate surface area is 137 Å². The van der Waals surface area contributed by atoms with Crippen molar-refractivity contribution >= 4 is 32.6 Å². The van der Waals surface area contributed by atoms with Crippen LogP contribution in [0.15, 0.2) is 36.4 Å². The van der Waals surface area contributed by atoms with Crippen LogP contribution in [0.25, 0.3) is 10.2 Å². The van der Waals surface area contributed by atoms with E-state index in [-0.39, 0.29) is 5.91 Å². The maximum Gasteiger partial charge on any atom is 0.257 e. The fourth-order valence-corrected chi connectivity index (χ4v) is 3.19. The molecule has 0 aliphatic rings. The largest absolute Gasteiger partial charge is 0.497 e. The quantitative estimate of drug-likeness (QED) is 0.790. The number of aromatic nitrogens is 1. The molecule has 0 bridgehead atoms. The van der Waals surface area contributed by atoms with E-state index >= 15 is 0 Å². The minimum Gasteiger partial charge on any atom is -0.497 e. The van der Waals surface area contributed by atoms with E-state index in [4.69, 9.17) is 9.47 Å². The van der Waals surface area contributed by atoms with Crippen LogP contribution in [-0.2, 0) is 0 Å². The predicted molar refractivity (Wildman–Crippen MR) is 91.9 cm³/mol. The number of fused-ring (bicyclic) bond motifs is 1. The molecule has 2 aromatic carbocycles. The van der Waals surface area contributed by atoms with Gasteiger partial charge in [-0.1, -0.05) is 17.4 Å². The topological polar surface area (TPSA) is 60.5 Å². The summed E-state index contributed by atoms with van der Waals surface area (Å²) in [6.07, 6.45) is 0. The second-order valence-electron chi connectivity index (χ2n) is 4.96. The van der Waals surface area contributed by atoms with Gasteiger partial charge < -0.3 is 9.47 Å². The molecule has 0 aliphatic heterocycles. The van der Waals surface area contributed by atoms with Crippen molar-refractivity contribution in [1.82, 2.24) is 4.98 Å². The summed E-state index contributed by atoms with van der Waals surface area (Å²) in [5.74, 6) is 1.21. The number of nitrogens with zero attached hydrogens (tertiary/aromatic N) is 1. The molecule has 1 aromatic heterocycles. The molecule has 0 saturated carbocycles. The first kappa shape index (κ1) is 15.3. The first-order chi connectivity index (χ1) is 11.1. The number of ether oxygens (including phenoxy) is 2. The molecule has 3 aromatic rings. The number of hydrogen-bond donors (Lipinski definition) is 1. The van der Waals surface area contributed by atoms with E-state index < -0.39 is 0 Å². The summed E-state index contributed by atoms with van der Waals surface area (Å²) < 4.78 is 11.4. The summed E-state index contributed by atoms with van der Waals surface area (Å²) in [6, 6.07) is 10.8. The zero-order valence-electron chi connectivity index (χ0n) is 13.0. The van der Waals surface area contributed by atoms with Gasteiger partial charge in [-0.05, 0) is 42.8 Å². The molecule has 1 N–H and O–H groups in total. The Morgan fingerprint density at radius 2 is 1.83 bits per heavy atom. The van der Waals surface area contributed by atoms with Gasteiger partial charge in [0.1, 0.15) is 17.0 Å². The van der Waals surface area contributed by atoms with Crippen LogP contribution < -0.4 is 14.8 Å². The first-order valence-electron chi connectivity index (χ1n) is 7.02. The number of hydrogen-bond acceptors (Lipinski definition) is 5. The van der Waals surface area contributed by atoms with Crippen LogP contribution in [0.4, 0.5) is 5.13 Å². The molecular formula is C17H16N2O3S. The molecule has 6 heteroatoms. The monoisotopic (exact) mass is 328 g/mol. The summed E-state index contributed by atoms with van der Waals surface area (Å²) in [6.45, 7) is 2.01. The molecule has 5 nitrogen and oxygen atoms in total. The van der Waals surface area contributed by atoms with Crippen LogP contribution in [0.5, 0.6) is 11.5 Å².